The second kappa shape index (κ2) is 7.17. The van der Waals surface area contributed by atoms with Crippen LogP contribution in [0.5, 0.6) is 0 Å². The molecule has 0 radical (unpaired) electrons. The van der Waals surface area contributed by atoms with Crippen molar-refractivity contribution < 1.29 is 27.9 Å². The van der Waals surface area contributed by atoms with Crippen molar-refractivity contribution in [1.82, 2.24) is 0 Å². The van der Waals surface area contributed by atoms with Crippen LogP contribution >= 0.6 is 0 Å². The molecule has 0 amide bonds. The average molecular weight is 348 g/mol. The van der Waals surface area contributed by atoms with E-state index in [0.29, 0.717) is 23.0 Å². The second-order valence-corrected chi connectivity index (χ2v) is 6.52. The predicted molar refractivity (Wildman–Crippen MR) is 90.4 cm³/mol. The van der Waals surface area contributed by atoms with Crippen LogP contribution in [-0.2, 0) is 24.5 Å². The van der Waals surface area contributed by atoms with E-state index in [1.54, 1.807) is 26.0 Å². The lowest BCUT2D eigenvalue weighted by atomic mass is 9.87. The zero-order valence-electron chi connectivity index (χ0n) is 15.4. The highest BCUT2D eigenvalue weighted by Crippen LogP contribution is 2.36. The summed E-state index contributed by atoms with van der Waals surface area (Å²) in [5, 5.41) is 0. The number of carbonyl (C=O) groups is 2. The molecule has 0 fully saturated rings. The first-order valence-corrected chi connectivity index (χ1v) is 8.08. The molecule has 0 aliphatic carbocycles. The van der Waals surface area contributed by atoms with Crippen molar-refractivity contribution in [2.45, 2.75) is 44.9 Å². The topological polar surface area (TPSA) is 78.9 Å². The first-order valence-electron chi connectivity index (χ1n) is 8.08. The molecule has 0 N–H and O–H groups in total. The van der Waals surface area contributed by atoms with E-state index < -0.39 is 17.3 Å². The Bertz CT molecular complexity index is 689. The van der Waals surface area contributed by atoms with Gasteiger partial charge in [0.1, 0.15) is 34.9 Å². The maximum absolute atomic E-state index is 11.7. The number of rotatable bonds is 6. The maximum Gasteiger partial charge on any atom is 0.316 e. The lowest BCUT2D eigenvalue weighted by molar-refractivity contribution is -0.143. The van der Waals surface area contributed by atoms with Crippen LogP contribution in [0.15, 0.2) is 33.1 Å². The summed E-state index contributed by atoms with van der Waals surface area (Å²) in [7, 11) is 2.69. The van der Waals surface area contributed by atoms with Crippen molar-refractivity contribution in [2.75, 3.05) is 14.2 Å². The van der Waals surface area contributed by atoms with E-state index in [1.807, 2.05) is 26.0 Å². The van der Waals surface area contributed by atoms with Gasteiger partial charge in [0.05, 0.1) is 19.6 Å². The molecule has 0 aliphatic rings. The third kappa shape index (κ3) is 3.62. The first kappa shape index (κ1) is 18.8. The number of carbonyl (C=O) groups excluding carboxylic acids is 2. The van der Waals surface area contributed by atoms with Gasteiger partial charge in [0.15, 0.2) is 0 Å². The van der Waals surface area contributed by atoms with Crippen molar-refractivity contribution >= 4 is 11.9 Å². The first-order chi connectivity index (χ1) is 11.7. The van der Waals surface area contributed by atoms with Crippen LogP contribution in [-0.4, -0.2) is 26.2 Å². The Labute approximate surface area is 147 Å². The molecule has 2 aromatic rings. The predicted octanol–water partition coefficient (Wildman–Crippen LogP) is 3.75. The van der Waals surface area contributed by atoms with Crippen molar-refractivity contribution in [3.8, 4) is 0 Å². The van der Waals surface area contributed by atoms with Gasteiger partial charge < -0.3 is 18.3 Å². The number of hydrogen-bond acceptors (Lipinski definition) is 6. The average Bonchev–Trinajstić information content (AvgIpc) is 3.28. The smallest absolute Gasteiger partial charge is 0.316 e. The summed E-state index contributed by atoms with van der Waals surface area (Å²) in [6, 6.07) is 7.17. The summed E-state index contributed by atoms with van der Waals surface area (Å²) in [6.45, 7) is 7.35. The van der Waals surface area contributed by atoms with Gasteiger partial charge in [-0.2, -0.15) is 0 Å². The number of ether oxygens (including phenoxy) is 2. The SMILES string of the molecule is COC(=O)C(C)c1ccc(C(C)(C)c2ccc(C(C)C(=O)OC)o2)o1. The minimum atomic E-state index is -0.567. The van der Waals surface area contributed by atoms with Gasteiger partial charge in [-0.15, -0.1) is 0 Å². The molecule has 0 aromatic carbocycles. The van der Waals surface area contributed by atoms with Gasteiger partial charge in [-0.25, -0.2) is 0 Å². The van der Waals surface area contributed by atoms with E-state index in [9.17, 15) is 9.59 Å². The molecule has 2 heterocycles. The lowest BCUT2D eigenvalue weighted by Gasteiger charge is -2.20. The van der Waals surface area contributed by atoms with E-state index in [4.69, 9.17) is 18.3 Å². The zero-order valence-corrected chi connectivity index (χ0v) is 15.4. The van der Waals surface area contributed by atoms with E-state index in [-0.39, 0.29) is 11.9 Å². The molecule has 2 aromatic heterocycles. The fourth-order valence-electron chi connectivity index (χ4n) is 2.55. The maximum atomic E-state index is 11.7. The molecule has 0 aliphatic heterocycles. The summed E-state index contributed by atoms with van der Waals surface area (Å²) < 4.78 is 21.2. The third-order valence-electron chi connectivity index (χ3n) is 4.45. The molecule has 0 saturated carbocycles. The van der Waals surface area contributed by atoms with E-state index in [2.05, 4.69) is 0 Å². The highest BCUT2D eigenvalue weighted by Gasteiger charge is 2.33. The van der Waals surface area contributed by atoms with Gasteiger partial charge in [-0.05, 0) is 52.0 Å². The highest BCUT2D eigenvalue weighted by molar-refractivity contribution is 5.77. The van der Waals surface area contributed by atoms with Gasteiger partial charge >= 0.3 is 11.9 Å². The van der Waals surface area contributed by atoms with E-state index in [0.717, 1.165) is 0 Å². The summed E-state index contributed by atoms with van der Waals surface area (Å²) in [4.78, 5) is 23.3. The quantitative estimate of drug-likeness (QED) is 0.740. The van der Waals surface area contributed by atoms with Gasteiger partial charge in [0, 0.05) is 0 Å². The highest BCUT2D eigenvalue weighted by atomic mass is 16.5. The molecule has 2 unspecified atom stereocenters. The molecule has 0 saturated heterocycles. The van der Waals surface area contributed by atoms with Crippen molar-refractivity contribution in [1.29, 1.82) is 0 Å². The second-order valence-electron chi connectivity index (χ2n) is 6.52. The molecule has 0 bridgehead atoms. The molecular formula is C19H24O6. The standard InChI is InChI=1S/C19H24O6/c1-11(17(20)22-5)13-7-9-15(24-13)19(3,4)16-10-8-14(25-16)12(2)18(21)23-6/h7-12H,1-6H3. The normalized spacial score (nSPS) is 14.0. The summed E-state index contributed by atoms with van der Waals surface area (Å²) in [5.74, 6) is 0.697. The lowest BCUT2D eigenvalue weighted by Crippen LogP contribution is -2.17. The van der Waals surface area contributed by atoms with Crippen LogP contribution in [0, 0.1) is 0 Å². The molecule has 136 valence electrons. The van der Waals surface area contributed by atoms with Gasteiger partial charge in [0.2, 0.25) is 0 Å². The largest absolute Gasteiger partial charge is 0.468 e. The van der Waals surface area contributed by atoms with Crippen LogP contribution < -0.4 is 0 Å². The summed E-state index contributed by atoms with van der Waals surface area (Å²) in [5.41, 5.74) is -0.567. The number of esters is 2. The van der Waals surface area contributed by atoms with Gasteiger partial charge in [-0.3, -0.25) is 9.59 Å². The number of hydrogen-bond donors (Lipinski definition) is 0. The van der Waals surface area contributed by atoms with Crippen LogP contribution in [0.3, 0.4) is 0 Å². The fourth-order valence-corrected chi connectivity index (χ4v) is 2.55. The minimum Gasteiger partial charge on any atom is -0.468 e. The molecule has 25 heavy (non-hydrogen) atoms. The number of furan rings is 2. The van der Waals surface area contributed by atoms with Crippen molar-refractivity contribution in [3.05, 3.63) is 47.3 Å². The summed E-state index contributed by atoms with van der Waals surface area (Å²) >= 11 is 0. The van der Waals surface area contributed by atoms with Crippen LogP contribution in [0.4, 0.5) is 0 Å². The van der Waals surface area contributed by atoms with Crippen LogP contribution in [0.1, 0.15) is 62.6 Å². The molecule has 2 rings (SSSR count). The molecule has 6 nitrogen and oxygen atoms in total. The minimum absolute atomic E-state index is 0.356. The molecule has 2 atom stereocenters. The Morgan fingerprint density at radius 2 is 1.20 bits per heavy atom. The van der Waals surface area contributed by atoms with Gasteiger partial charge in [-0.1, -0.05) is 0 Å². The zero-order chi connectivity index (χ0) is 18.8. The Morgan fingerprint density at radius 3 is 1.52 bits per heavy atom. The van der Waals surface area contributed by atoms with Crippen LogP contribution in [0.25, 0.3) is 0 Å². The fraction of sp³-hybridized carbons (Fsp3) is 0.474. The molecule has 6 heteroatoms. The van der Waals surface area contributed by atoms with Crippen LogP contribution in [0.2, 0.25) is 0 Å². The Hall–Kier alpha value is -2.50. The molecule has 0 spiro atoms. The molecular weight excluding hydrogens is 324 g/mol. The van der Waals surface area contributed by atoms with E-state index >= 15 is 0 Å². The monoisotopic (exact) mass is 348 g/mol. The number of methoxy groups -OCH3 is 2. The third-order valence-corrected chi connectivity index (χ3v) is 4.45. The van der Waals surface area contributed by atoms with E-state index in [1.165, 1.54) is 14.2 Å². The van der Waals surface area contributed by atoms with Gasteiger partial charge in [0.25, 0.3) is 0 Å². The Balaban J connectivity index is 2.27. The van der Waals surface area contributed by atoms with Crippen molar-refractivity contribution in [2.24, 2.45) is 0 Å². The Morgan fingerprint density at radius 1 is 0.840 bits per heavy atom. The Kier molecular flexibility index (Phi) is 5.40. The van der Waals surface area contributed by atoms with Crippen molar-refractivity contribution in [3.63, 3.8) is 0 Å². The summed E-state index contributed by atoms with van der Waals surface area (Å²) in [6.07, 6.45) is 0.